The minimum absolute atomic E-state index is 0.801. The molecule has 1 aromatic carbocycles. The SMILES string of the molecule is O=C(O)/C=C/c1cccc2c1NOS2. The van der Waals surface area contributed by atoms with Crippen LogP contribution in [0, 0.1) is 0 Å². The van der Waals surface area contributed by atoms with E-state index in [1.807, 2.05) is 18.2 Å². The van der Waals surface area contributed by atoms with Crippen LogP contribution in [0.1, 0.15) is 5.56 Å². The van der Waals surface area contributed by atoms with Gasteiger partial charge < -0.3 is 5.11 Å². The zero-order chi connectivity index (χ0) is 9.97. The van der Waals surface area contributed by atoms with Crippen molar-refractivity contribution in [3.63, 3.8) is 0 Å². The Balaban J connectivity index is 2.35. The summed E-state index contributed by atoms with van der Waals surface area (Å²) in [6.07, 6.45) is 2.63. The number of aliphatic carboxylic acids is 1. The number of carbonyl (C=O) groups is 1. The Hall–Kier alpha value is -1.46. The van der Waals surface area contributed by atoms with Crippen molar-refractivity contribution in [2.24, 2.45) is 0 Å². The Morgan fingerprint density at radius 2 is 2.43 bits per heavy atom. The predicted octanol–water partition coefficient (Wildman–Crippen LogP) is 2.15. The topological polar surface area (TPSA) is 58.6 Å². The predicted molar refractivity (Wildman–Crippen MR) is 53.7 cm³/mol. The summed E-state index contributed by atoms with van der Waals surface area (Å²) in [7, 11) is 0. The molecule has 0 saturated carbocycles. The second-order valence-corrected chi connectivity index (χ2v) is 3.43. The molecule has 4 nitrogen and oxygen atoms in total. The third-order valence-corrected chi connectivity index (χ3v) is 2.43. The summed E-state index contributed by atoms with van der Waals surface area (Å²) in [5.74, 6) is -0.964. The van der Waals surface area contributed by atoms with Crippen molar-refractivity contribution < 1.29 is 14.2 Å². The van der Waals surface area contributed by atoms with E-state index in [9.17, 15) is 4.79 Å². The number of carboxylic acid groups (broad SMARTS) is 1. The maximum Gasteiger partial charge on any atom is 0.328 e. The fourth-order valence-corrected chi connectivity index (χ4v) is 1.73. The molecule has 72 valence electrons. The van der Waals surface area contributed by atoms with Crippen LogP contribution in [0.15, 0.2) is 29.2 Å². The fraction of sp³-hybridized carbons (Fsp3) is 0. The number of rotatable bonds is 2. The summed E-state index contributed by atoms with van der Waals surface area (Å²) in [4.78, 5) is 11.3. The lowest BCUT2D eigenvalue weighted by atomic mass is 10.1. The Kier molecular flexibility index (Phi) is 2.43. The van der Waals surface area contributed by atoms with E-state index >= 15 is 0 Å². The first-order valence-corrected chi connectivity index (χ1v) is 4.65. The maximum atomic E-state index is 10.3. The summed E-state index contributed by atoms with van der Waals surface area (Å²) in [6.45, 7) is 0. The van der Waals surface area contributed by atoms with Gasteiger partial charge >= 0.3 is 5.97 Å². The standard InChI is InChI=1S/C9H7NO3S/c11-8(12)5-4-6-2-1-3-7-9(6)10-13-14-7/h1-5,10H,(H,11,12)/b5-4+. The number of fused-ring (bicyclic) bond motifs is 1. The van der Waals surface area contributed by atoms with Crippen LogP contribution in [-0.2, 0) is 9.08 Å². The summed E-state index contributed by atoms with van der Waals surface area (Å²) >= 11 is 1.22. The van der Waals surface area contributed by atoms with Crippen LogP contribution in [0.2, 0.25) is 0 Å². The molecule has 0 spiro atoms. The molecular formula is C9H7NO3S. The van der Waals surface area contributed by atoms with E-state index in [1.54, 1.807) is 0 Å². The number of hydrogen-bond donors (Lipinski definition) is 2. The van der Waals surface area contributed by atoms with Gasteiger partial charge in [0.1, 0.15) is 0 Å². The molecule has 1 aliphatic rings. The molecule has 0 saturated heterocycles. The molecule has 1 aromatic rings. The Labute approximate surface area is 84.7 Å². The van der Waals surface area contributed by atoms with Gasteiger partial charge in [-0.3, -0.25) is 5.48 Å². The molecule has 0 aliphatic carbocycles. The van der Waals surface area contributed by atoms with Crippen molar-refractivity contribution in [1.82, 2.24) is 0 Å². The fourth-order valence-electron chi connectivity index (χ4n) is 1.13. The normalized spacial score (nSPS) is 14.0. The molecule has 5 heteroatoms. The van der Waals surface area contributed by atoms with Crippen LogP contribution in [0.5, 0.6) is 0 Å². The third-order valence-electron chi connectivity index (χ3n) is 1.74. The molecule has 14 heavy (non-hydrogen) atoms. The monoisotopic (exact) mass is 209 g/mol. The molecular weight excluding hydrogens is 202 g/mol. The van der Waals surface area contributed by atoms with Crippen molar-refractivity contribution in [1.29, 1.82) is 0 Å². The van der Waals surface area contributed by atoms with E-state index in [0.29, 0.717) is 0 Å². The van der Waals surface area contributed by atoms with Crippen LogP contribution < -0.4 is 5.48 Å². The third kappa shape index (κ3) is 1.73. The number of para-hydroxylation sites is 1. The molecule has 0 aromatic heterocycles. The number of benzene rings is 1. The van der Waals surface area contributed by atoms with Crippen molar-refractivity contribution in [3.05, 3.63) is 29.8 Å². The molecule has 0 fully saturated rings. The largest absolute Gasteiger partial charge is 0.478 e. The molecule has 1 aliphatic heterocycles. The van der Waals surface area contributed by atoms with E-state index in [-0.39, 0.29) is 0 Å². The zero-order valence-corrected chi connectivity index (χ0v) is 7.88. The summed E-state index contributed by atoms with van der Waals surface area (Å²) < 4.78 is 4.95. The lowest BCUT2D eigenvalue weighted by Crippen LogP contribution is -1.90. The lowest BCUT2D eigenvalue weighted by molar-refractivity contribution is -0.131. The highest BCUT2D eigenvalue weighted by Gasteiger charge is 2.14. The molecule has 0 unspecified atom stereocenters. The summed E-state index contributed by atoms with van der Waals surface area (Å²) in [5, 5.41) is 8.48. The van der Waals surface area contributed by atoms with Gasteiger partial charge in [-0.15, -0.1) is 0 Å². The molecule has 0 amide bonds. The second-order valence-electron chi connectivity index (χ2n) is 2.66. The average Bonchev–Trinajstić information content (AvgIpc) is 2.62. The Bertz CT molecular complexity index is 403. The van der Waals surface area contributed by atoms with E-state index in [4.69, 9.17) is 9.39 Å². The molecule has 0 radical (unpaired) electrons. The van der Waals surface area contributed by atoms with Gasteiger partial charge in [-0.05, 0) is 12.1 Å². The highest BCUT2D eigenvalue weighted by Crippen LogP contribution is 2.37. The number of nitrogens with one attached hydrogen (secondary N) is 1. The van der Waals surface area contributed by atoms with E-state index in [2.05, 4.69) is 5.48 Å². The van der Waals surface area contributed by atoms with Crippen molar-refractivity contribution in [3.8, 4) is 0 Å². The van der Waals surface area contributed by atoms with Gasteiger partial charge in [0.15, 0.2) is 0 Å². The first-order chi connectivity index (χ1) is 6.77. The van der Waals surface area contributed by atoms with Gasteiger partial charge in [-0.1, -0.05) is 12.1 Å². The van der Waals surface area contributed by atoms with Gasteiger partial charge in [0.25, 0.3) is 0 Å². The molecule has 0 bridgehead atoms. The minimum Gasteiger partial charge on any atom is -0.478 e. The Morgan fingerprint density at radius 3 is 3.21 bits per heavy atom. The number of hydrogen-bond acceptors (Lipinski definition) is 4. The van der Waals surface area contributed by atoms with Gasteiger partial charge in [-0.25, -0.2) is 4.79 Å². The van der Waals surface area contributed by atoms with Crippen molar-refractivity contribution >= 4 is 29.8 Å². The Morgan fingerprint density at radius 1 is 1.57 bits per heavy atom. The zero-order valence-electron chi connectivity index (χ0n) is 7.06. The minimum atomic E-state index is -0.964. The molecule has 0 atom stereocenters. The van der Waals surface area contributed by atoms with Gasteiger partial charge in [-0.2, -0.15) is 4.28 Å². The highest BCUT2D eigenvalue weighted by atomic mass is 32.2. The summed E-state index contributed by atoms with van der Waals surface area (Å²) in [6, 6.07) is 5.57. The van der Waals surface area contributed by atoms with E-state index < -0.39 is 5.97 Å². The quantitative estimate of drug-likeness (QED) is 0.577. The van der Waals surface area contributed by atoms with Crippen LogP contribution >= 0.6 is 12.0 Å². The molecule has 2 rings (SSSR count). The lowest BCUT2D eigenvalue weighted by Gasteiger charge is -1.99. The van der Waals surface area contributed by atoms with E-state index in [0.717, 1.165) is 22.2 Å². The summed E-state index contributed by atoms with van der Waals surface area (Å²) in [5.41, 5.74) is 4.33. The molecule has 2 N–H and O–H groups in total. The molecule has 1 heterocycles. The first-order valence-electron chi connectivity index (χ1n) is 3.91. The second kappa shape index (κ2) is 3.73. The van der Waals surface area contributed by atoms with Gasteiger partial charge in [0.2, 0.25) is 0 Å². The van der Waals surface area contributed by atoms with Crippen LogP contribution in [0.25, 0.3) is 6.08 Å². The van der Waals surface area contributed by atoms with Crippen LogP contribution in [-0.4, -0.2) is 11.1 Å². The number of anilines is 1. The van der Waals surface area contributed by atoms with E-state index in [1.165, 1.54) is 18.1 Å². The van der Waals surface area contributed by atoms with Gasteiger partial charge in [0, 0.05) is 11.6 Å². The smallest absolute Gasteiger partial charge is 0.328 e. The van der Waals surface area contributed by atoms with Crippen molar-refractivity contribution in [2.45, 2.75) is 4.90 Å². The van der Waals surface area contributed by atoms with Crippen LogP contribution in [0.4, 0.5) is 5.69 Å². The van der Waals surface area contributed by atoms with Gasteiger partial charge in [0.05, 0.1) is 22.6 Å². The van der Waals surface area contributed by atoms with Crippen molar-refractivity contribution in [2.75, 3.05) is 5.48 Å². The highest BCUT2D eigenvalue weighted by molar-refractivity contribution is 7.95. The van der Waals surface area contributed by atoms with Crippen LogP contribution in [0.3, 0.4) is 0 Å². The average molecular weight is 209 g/mol. The first kappa shape index (κ1) is 9.11. The number of carboxylic acids is 1. The maximum absolute atomic E-state index is 10.3.